The minimum Gasteiger partial charge on any atom is -0.297 e. The summed E-state index contributed by atoms with van der Waals surface area (Å²) in [5, 5.41) is 0. The molecule has 3 fully saturated rings. The van der Waals surface area contributed by atoms with E-state index in [1.165, 1.54) is 0 Å². The maximum Gasteiger partial charge on any atom is 0.108 e. The predicted octanol–water partition coefficient (Wildman–Crippen LogP) is 3.00. The fraction of sp³-hybridized carbons (Fsp3) is 1.00. The lowest BCUT2D eigenvalue weighted by Crippen LogP contribution is -2.39. The molecular formula is C13H22FN. The van der Waals surface area contributed by atoms with Crippen LogP contribution in [0.1, 0.15) is 51.4 Å². The Morgan fingerprint density at radius 1 is 1.67 bits per heavy atom. The Balaban J connectivity index is 2.07. The van der Waals surface area contributed by atoms with Crippen molar-refractivity contribution in [3.8, 4) is 0 Å². The molecule has 1 aliphatic carbocycles. The average Bonchev–Trinajstić information content (AvgIpc) is 2.70. The summed E-state index contributed by atoms with van der Waals surface area (Å²) in [6.45, 7) is 2.52. The first-order valence-electron chi connectivity index (χ1n) is 8.04. The fourth-order valence-corrected chi connectivity index (χ4v) is 3.35. The Morgan fingerprint density at radius 2 is 2.40 bits per heavy atom. The van der Waals surface area contributed by atoms with Crippen LogP contribution in [0.3, 0.4) is 0 Å². The second-order valence-electron chi connectivity index (χ2n) is 5.70. The lowest BCUT2D eigenvalue weighted by molar-refractivity contribution is 0.163. The van der Waals surface area contributed by atoms with Crippen molar-refractivity contribution in [2.45, 2.75) is 57.6 Å². The standard InChI is InChI=1S/C13H22FN/c1-10(2)6-13-4-3-5-15(13)9-12(8-13)7-11(12)14/h10-11H,3-9H2,1-2H3/t11-,12+,13-/m1/s1/i6D2,9D2. The molecule has 1 saturated carbocycles. The van der Waals surface area contributed by atoms with Gasteiger partial charge in [0.2, 0.25) is 0 Å². The molecule has 0 aromatic carbocycles. The molecule has 0 unspecified atom stereocenters. The highest BCUT2D eigenvalue weighted by Crippen LogP contribution is 2.63. The van der Waals surface area contributed by atoms with Gasteiger partial charge in [-0.3, -0.25) is 4.90 Å². The average molecular weight is 215 g/mol. The topological polar surface area (TPSA) is 3.24 Å². The van der Waals surface area contributed by atoms with Gasteiger partial charge in [-0.15, -0.1) is 0 Å². The van der Waals surface area contributed by atoms with Gasteiger partial charge in [-0.1, -0.05) is 13.8 Å². The number of alkyl halides is 1. The summed E-state index contributed by atoms with van der Waals surface area (Å²) in [6, 6.07) is 0. The Morgan fingerprint density at radius 3 is 3.00 bits per heavy atom. The van der Waals surface area contributed by atoms with E-state index in [0.29, 0.717) is 19.4 Å². The summed E-state index contributed by atoms with van der Waals surface area (Å²) in [6.07, 6.45) is -0.549. The second-order valence-corrected chi connectivity index (χ2v) is 5.70. The van der Waals surface area contributed by atoms with E-state index in [2.05, 4.69) is 0 Å². The first-order chi connectivity index (χ1) is 8.62. The second kappa shape index (κ2) is 2.97. The number of fused-ring (bicyclic) bond motifs is 1. The van der Waals surface area contributed by atoms with Crippen LogP contribution in [0.25, 0.3) is 0 Å². The van der Waals surface area contributed by atoms with Crippen molar-refractivity contribution < 1.29 is 9.87 Å². The summed E-state index contributed by atoms with van der Waals surface area (Å²) >= 11 is 0. The van der Waals surface area contributed by atoms with Crippen LogP contribution >= 0.6 is 0 Å². The van der Waals surface area contributed by atoms with Crippen LogP contribution in [-0.4, -0.2) is 29.7 Å². The Labute approximate surface area is 97.6 Å². The number of hydrogen-bond donors (Lipinski definition) is 0. The van der Waals surface area contributed by atoms with E-state index in [9.17, 15) is 4.39 Å². The highest BCUT2D eigenvalue weighted by Gasteiger charge is 2.66. The van der Waals surface area contributed by atoms with Gasteiger partial charge in [0, 0.05) is 22.9 Å². The van der Waals surface area contributed by atoms with Crippen LogP contribution in [0.2, 0.25) is 0 Å². The van der Waals surface area contributed by atoms with Gasteiger partial charge in [-0.05, 0) is 44.5 Å². The van der Waals surface area contributed by atoms with Crippen molar-refractivity contribution in [1.29, 1.82) is 0 Å². The molecule has 0 amide bonds. The number of nitrogens with zero attached hydrogens (tertiary/aromatic N) is 1. The molecule has 2 aliphatic heterocycles. The first-order valence-corrected chi connectivity index (χ1v) is 6.04. The number of rotatable bonds is 2. The summed E-state index contributed by atoms with van der Waals surface area (Å²) in [7, 11) is 0. The van der Waals surface area contributed by atoms with E-state index in [1.807, 2.05) is 13.8 Å². The molecule has 3 aliphatic rings. The van der Waals surface area contributed by atoms with Crippen molar-refractivity contribution in [2.24, 2.45) is 11.3 Å². The number of halogens is 1. The van der Waals surface area contributed by atoms with Crippen LogP contribution < -0.4 is 0 Å². The molecule has 2 heterocycles. The maximum atomic E-state index is 13.8. The molecule has 3 rings (SSSR count). The Bertz CT molecular complexity index is 413. The molecule has 0 aromatic heterocycles. The third kappa shape index (κ3) is 1.37. The number of hydrogen-bond acceptors (Lipinski definition) is 1. The fourth-order valence-electron chi connectivity index (χ4n) is 3.35. The van der Waals surface area contributed by atoms with E-state index < -0.39 is 30.0 Å². The smallest absolute Gasteiger partial charge is 0.108 e. The van der Waals surface area contributed by atoms with Gasteiger partial charge in [-0.2, -0.15) is 0 Å². The molecule has 15 heavy (non-hydrogen) atoms. The zero-order chi connectivity index (χ0) is 14.3. The summed E-state index contributed by atoms with van der Waals surface area (Å²) in [4.78, 5) is 1.67. The van der Waals surface area contributed by atoms with Gasteiger partial charge in [0.15, 0.2) is 0 Å². The van der Waals surface area contributed by atoms with E-state index in [4.69, 9.17) is 5.48 Å². The molecule has 0 aromatic rings. The SMILES string of the molecule is [2H]C1([2H])N2CCC[C@@]2(C([2H])([2H])C(C)C)C[C@@]12C[C@H]2F. The Hall–Kier alpha value is -0.110. The Kier molecular flexibility index (Phi) is 1.30. The summed E-state index contributed by atoms with van der Waals surface area (Å²) in [5.41, 5.74) is -1.76. The van der Waals surface area contributed by atoms with Crippen LogP contribution in [0.4, 0.5) is 4.39 Å². The van der Waals surface area contributed by atoms with Gasteiger partial charge in [0.05, 0.1) is 0 Å². The molecule has 2 heteroatoms. The van der Waals surface area contributed by atoms with Crippen molar-refractivity contribution in [2.75, 3.05) is 13.0 Å². The van der Waals surface area contributed by atoms with Crippen molar-refractivity contribution in [3.05, 3.63) is 0 Å². The third-order valence-corrected chi connectivity index (χ3v) is 3.99. The van der Waals surface area contributed by atoms with Crippen molar-refractivity contribution in [1.82, 2.24) is 4.90 Å². The van der Waals surface area contributed by atoms with E-state index in [-0.39, 0.29) is 12.3 Å². The third-order valence-electron chi connectivity index (χ3n) is 3.99. The van der Waals surface area contributed by atoms with E-state index >= 15 is 0 Å². The minimum atomic E-state index is -1.70. The van der Waals surface area contributed by atoms with Crippen molar-refractivity contribution in [3.63, 3.8) is 0 Å². The van der Waals surface area contributed by atoms with E-state index in [1.54, 1.807) is 4.90 Å². The molecule has 2 saturated heterocycles. The lowest BCUT2D eigenvalue weighted by atomic mass is 9.82. The minimum absolute atomic E-state index is 0.198. The predicted molar refractivity (Wildman–Crippen MR) is 59.6 cm³/mol. The molecule has 86 valence electrons. The van der Waals surface area contributed by atoms with Gasteiger partial charge in [0.1, 0.15) is 6.17 Å². The summed E-state index contributed by atoms with van der Waals surface area (Å²) < 4.78 is 47.5. The molecular weight excluding hydrogens is 189 g/mol. The van der Waals surface area contributed by atoms with Crippen LogP contribution in [0, 0.1) is 11.3 Å². The van der Waals surface area contributed by atoms with Crippen LogP contribution in [0.5, 0.6) is 0 Å². The highest BCUT2D eigenvalue weighted by molar-refractivity contribution is 5.18. The quantitative estimate of drug-likeness (QED) is 0.684. The van der Waals surface area contributed by atoms with Crippen LogP contribution in [-0.2, 0) is 0 Å². The largest absolute Gasteiger partial charge is 0.297 e. The zero-order valence-corrected chi connectivity index (χ0v) is 9.52. The highest BCUT2D eigenvalue weighted by atomic mass is 19.1. The van der Waals surface area contributed by atoms with Gasteiger partial charge < -0.3 is 0 Å². The summed E-state index contributed by atoms with van der Waals surface area (Å²) in [5.74, 6) is -0.198. The van der Waals surface area contributed by atoms with Gasteiger partial charge in [0.25, 0.3) is 0 Å². The van der Waals surface area contributed by atoms with Crippen molar-refractivity contribution >= 4 is 0 Å². The van der Waals surface area contributed by atoms with Crippen LogP contribution in [0.15, 0.2) is 0 Å². The zero-order valence-electron chi connectivity index (χ0n) is 13.5. The van der Waals surface area contributed by atoms with Gasteiger partial charge in [-0.25, -0.2) is 4.39 Å². The molecule has 1 nitrogen and oxygen atoms in total. The molecule has 0 N–H and O–H groups in total. The molecule has 0 bridgehead atoms. The molecule has 3 atom stereocenters. The first kappa shape index (κ1) is 6.58. The molecule has 0 radical (unpaired) electrons. The maximum absolute atomic E-state index is 13.8. The van der Waals surface area contributed by atoms with E-state index in [0.717, 1.165) is 6.42 Å². The molecule has 1 spiro atoms. The monoisotopic (exact) mass is 215 g/mol. The van der Waals surface area contributed by atoms with Gasteiger partial charge >= 0.3 is 0 Å². The normalized spacial score (nSPS) is 57.5. The lowest BCUT2D eigenvalue weighted by Gasteiger charge is -2.33.